The maximum absolute atomic E-state index is 13.4. The lowest BCUT2D eigenvalue weighted by Gasteiger charge is -2.14. The fraction of sp³-hybridized carbons (Fsp3) is 0.190. The minimum Gasteiger partial charge on any atom is -0.339 e. The first kappa shape index (κ1) is 17.9. The number of benzene rings is 2. The van der Waals surface area contributed by atoms with E-state index in [1.165, 1.54) is 12.1 Å². The van der Waals surface area contributed by atoms with Crippen molar-refractivity contribution < 1.29 is 14.0 Å². The Hall–Kier alpha value is -3.48. The number of carbonyl (C=O) groups is 2. The highest BCUT2D eigenvalue weighted by molar-refractivity contribution is 6.01. The van der Waals surface area contributed by atoms with Gasteiger partial charge in [0.05, 0.1) is 6.33 Å². The van der Waals surface area contributed by atoms with Crippen molar-refractivity contribution >= 4 is 17.5 Å². The van der Waals surface area contributed by atoms with Crippen LogP contribution in [0.4, 0.5) is 10.1 Å². The number of nitrogens with zero attached hydrogens (tertiary/aromatic N) is 2. The molecular weight excluding hydrogens is 359 g/mol. The van der Waals surface area contributed by atoms with Gasteiger partial charge in [-0.25, -0.2) is 9.37 Å². The van der Waals surface area contributed by atoms with E-state index in [0.717, 1.165) is 11.1 Å². The third kappa shape index (κ3) is 3.93. The van der Waals surface area contributed by atoms with Gasteiger partial charge in [0.2, 0.25) is 5.91 Å². The summed E-state index contributed by atoms with van der Waals surface area (Å²) < 4.78 is 15.2. The van der Waals surface area contributed by atoms with Crippen molar-refractivity contribution in [3.8, 4) is 0 Å². The number of fused-ring (bicyclic) bond motifs is 1. The number of carbonyl (C=O) groups excluding carboxylic acids is 2. The Labute approximate surface area is 161 Å². The summed E-state index contributed by atoms with van der Waals surface area (Å²) in [7, 11) is 0. The molecule has 1 aliphatic heterocycles. The molecule has 6 nitrogen and oxygen atoms in total. The third-order valence-corrected chi connectivity index (χ3v) is 4.73. The molecule has 0 unspecified atom stereocenters. The Bertz CT molecular complexity index is 1020. The number of nitrogens with one attached hydrogen (secondary N) is 2. The highest BCUT2D eigenvalue weighted by Crippen LogP contribution is 2.23. The molecule has 7 heteroatoms. The summed E-state index contributed by atoms with van der Waals surface area (Å²) >= 11 is 0. The van der Waals surface area contributed by atoms with Gasteiger partial charge in [0.15, 0.2) is 0 Å². The number of hydrogen-bond donors (Lipinski definition) is 2. The monoisotopic (exact) mass is 378 g/mol. The number of hydrogen-bond acceptors (Lipinski definition) is 3. The summed E-state index contributed by atoms with van der Waals surface area (Å²) in [5.74, 6) is -1.18. The van der Waals surface area contributed by atoms with Gasteiger partial charge in [-0.1, -0.05) is 36.4 Å². The van der Waals surface area contributed by atoms with Crippen LogP contribution in [0, 0.1) is 5.82 Å². The number of rotatable bonds is 4. The number of halogens is 1. The molecule has 2 aromatic carbocycles. The maximum atomic E-state index is 13.4. The molecule has 2 N–H and O–H groups in total. The van der Waals surface area contributed by atoms with Crippen LogP contribution >= 0.6 is 0 Å². The van der Waals surface area contributed by atoms with E-state index >= 15 is 0 Å². The second-order valence-corrected chi connectivity index (χ2v) is 6.77. The van der Waals surface area contributed by atoms with E-state index in [1.54, 1.807) is 18.6 Å². The summed E-state index contributed by atoms with van der Waals surface area (Å²) in [4.78, 5) is 29.1. The van der Waals surface area contributed by atoms with Gasteiger partial charge in [-0.15, -0.1) is 0 Å². The molecule has 2 amide bonds. The zero-order chi connectivity index (χ0) is 19.5. The molecule has 0 bridgehead atoms. The number of aryl methyl sites for hydroxylation is 1. The summed E-state index contributed by atoms with van der Waals surface area (Å²) in [6.07, 6.45) is 4.23. The standard InChI is InChI=1S/C21H19FN4O2/c22-16-8-6-15-7-9-17(20(27)25-18(15)10-16)24-21(28)19-12-26(13-23-19)11-14-4-2-1-3-5-14/h1-6,8,10,12-13,17H,7,9,11H2,(H,24,28)(H,25,27)/t17-/m1/s1. The lowest BCUT2D eigenvalue weighted by Crippen LogP contribution is -2.43. The fourth-order valence-corrected chi connectivity index (χ4v) is 3.26. The first-order chi connectivity index (χ1) is 13.6. The van der Waals surface area contributed by atoms with E-state index in [2.05, 4.69) is 15.6 Å². The second-order valence-electron chi connectivity index (χ2n) is 6.77. The van der Waals surface area contributed by atoms with Gasteiger partial charge in [0.1, 0.15) is 17.6 Å². The van der Waals surface area contributed by atoms with Crippen LogP contribution in [0.3, 0.4) is 0 Å². The van der Waals surface area contributed by atoms with E-state index in [-0.39, 0.29) is 11.6 Å². The number of imidazole rings is 1. The predicted molar refractivity (Wildman–Crippen MR) is 102 cm³/mol. The summed E-state index contributed by atoms with van der Waals surface area (Å²) in [5.41, 5.74) is 2.64. The van der Waals surface area contributed by atoms with E-state index in [4.69, 9.17) is 0 Å². The Balaban J connectivity index is 1.42. The number of anilines is 1. The molecule has 0 aliphatic carbocycles. The predicted octanol–water partition coefficient (Wildman–Crippen LogP) is 2.75. The molecule has 0 radical (unpaired) electrons. The second kappa shape index (κ2) is 7.64. The van der Waals surface area contributed by atoms with Crippen molar-refractivity contribution in [1.82, 2.24) is 14.9 Å². The van der Waals surface area contributed by atoms with Crippen molar-refractivity contribution in [2.75, 3.05) is 5.32 Å². The Morgan fingerprint density at radius 2 is 2.07 bits per heavy atom. The minimum atomic E-state index is -0.706. The fourth-order valence-electron chi connectivity index (χ4n) is 3.26. The van der Waals surface area contributed by atoms with Crippen LogP contribution in [0.2, 0.25) is 0 Å². The SMILES string of the molecule is O=C(N[C@@H]1CCc2ccc(F)cc2NC1=O)c1cn(Cc2ccccc2)cn1. The molecule has 2 heterocycles. The van der Waals surface area contributed by atoms with Crippen molar-refractivity contribution in [3.05, 3.63) is 83.7 Å². The van der Waals surface area contributed by atoms with Crippen LogP contribution < -0.4 is 10.6 Å². The van der Waals surface area contributed by atoms with Crippen LogP contribution in [-0.2, 0) is 17.8 Å². The zero-order valence-corrected chi connectivity index (χ0v) is 15.1. The topological polar surface area (TPSA) is 76.0 Å². The lowest BCUT2D eigenvalue weighted by molar-refractivity contribution is -0.118. The molecule has 28 heavy (non-hydrogen) atoms. The quantitative estimate of drug-likeness (QED) is 0.733. The smallest absolute Gasteiger partial charge is 0.272 e. The zero-order valence-electron chi connectivity index (χ0n) is 15.1. The average Bonchev–Trinajstić information content (AvgIpc) is 3.09. The van der Waals surface area contributed by atoms with Gasteiger partial charge in [0, 0.05) is 18.4 Å². The van der Waals surface area contributed by atoms with Crippen LogP contribution in [0.5, 0.6) is 0 Å². The molecule has 0 fully saturated rings. The van der Waals surface area contributed by atoms with E-state index < -0.39 is 17.8 Å². The van der Waals surface area contributed by atoms with Gasteiger partial charge in [-0.3, -0.25) is 9.59 Å². The summed E-state index contributed by atoms with van der Waals surface area (Å²) in [6.45, 7) is 0.603. The van der Waals surface area contributed by atoms with E-state index in [0.29, 0.717) is 25.1 Å². The van der Waals surface area contributed by atoms with E-state index in [9.17, 15) is 14.0 Å². The number of aromatic nitrogens is 2. The van der Waals surface area contributed by atoms with Gasteiger partial charge in [-0.2, -0.15) is 0 Å². The largest absolute Gasteiger partial charge is 0.339 e. The Morgan fingerprint density at radius 1 is 1.25 bits per heavy atom. The lowest BCUT2D eigenvalue weighted by atomic mass is 10.1. The normalized spacial score (nSPS) is 16.0. The number of amides is 2. The highest BCUT2D eigenvalue weighted by atomic mass is 19.1. The third-order valence-electron chi connectivity index (χ3n) is 4.73. The Kier molecular flexibility index (Phi) is 4.89. The van der Waals surface area contributed by atoms with Gasteiger partial charge in [-0.05, 0) is 36.1 Å². The minimum absolute atomic E-state index is 0.247. The van der Waals surface area contributed by atoms with Crippen molar-refractivity contribution in [3.63, 3.8) is 0 Å². The van der Waals surface area contributed by atoms with Crippen LogP contribution in [0.25, 0.3) is 0 Å². The van der Waals surface area contributed by atoms with Crippen molar-refractivity contribution in [2.45, 2.75) is 25.4 Å². The summed E-state index contributed by atoms with van der Waals surface area (Å²) in [5, 5.41) is 5.42. The molecule has 1 aliphatic rings. The highest BCUT2D eigenvalue weighted by Gasteiger charge is 2.26. The van der Waals surface area contributed by atoms with Crippen LogP contribution in [0.1, 0.15) is 28.0 Å². The molecule has 3 aromatic rings. The molecule has 0 saturated carbocycles. The Morgan fingerprint density at radius 3 is 2.89 bits per heavy atom. The average molecular weight is 378 g/mol. The van der Waals surface area contributed by atoms with Crippen LogP contribution in [-0.4, -0.2) is 27.4 Å². The van der Waals surface area contributed by atoms with Gasteiger partial charge in [0.25, 0.3) is 5.91 Å². The molecule has 0 spiro atoms. The molecule has 142 valence electrons. The molecular formula is C21H19FN4O2. The summed E-state index contributed by atoms with van der Waals surface area (Å²) in [6, 6.07) is 13.4. The maximum Gasteiger partial charge on any atom is 0.272 e. The van der Waals surface area contributed by atoms with Crippen molar-refractivity contribution in [1.29, 1.82) is 0 Å². The molecule has 4 rings (SSSR count). The van der Waals surface area contributed by atoms with Gasteiger partial charge < -0.3 is 15.2 Å². The van der Waals surface area contributed by atoms with E-state index in [1.807, 2.05) is 34.9 Å². The van der Waals surface area contributed by atoms with Crippen molar-refractivity contribution in [2.24, 2.45) is 0 Å². The molecule has 1 aromatic heterocycles. The van der Waals surface area contributed by atoms with Gasteiger partial charge >= 0.3 is 0 Å². The molecule has 0 saturated heterocycles. The van der Waals surface area contributed by atoms with Crippen LogP contribution in [0.15, 0.2) is 61.1 Å². The first-order valence-electron chi connectivity index (χ1n) is 9.04. The first-order valence-corrected chi connectivity index (χ1v) is 9.04. The molecule has 1 atom stereocenters.